The van der Waals surface area contributed by atoms with E-state index < -0.39 is 72.6 Å². The minimum absolute atomic E-state index is 0.257. The summed E-state index contributed by atoms with van der Waals surface area (Å²) in [6.45, 7) is 0. The second-order valence-corrected chi connectivity index (χ2v) is 8.05. The van der Waals surface area contributed by atoms with Crippen molar-refractivity contribution in [3.8, 4) is 0 Å². The van der Waals surface area contributed by atoms with Crippen molar-refractivity contribution >= 4 is 60.0 Å². The van der Waals surface area contributed by atoms with Crippen molar-refractivity contribution in [3.63, 3.8) is 0 Å². The third-order valence-corrected chi connectivity index (χ3v) is 5.09. The molecule has 0 saturated heterocycles. The lowest BCUT2D eigenvalue weighted by Gasteiger charge is -2.24. The molecule has 0 saturated carbocycles. The third kappa shape index (κ3) is 11.8. The zero-order valence-corrected chi connectivity index (χ0v) is 19.1. The highest BCUT2D eigenvalue weighted by Crippen LogP contribution is 2.04. The molecule has 0 spiro atoms. The summed E-state index contributed by atoms with van der Waals surface area (Å²) >= 11 is 5.42. The molecule has 0 aliphatic heterocycles. The number of rotatable bonds is 16. The first kappa shape index (κ1) is 29.5. The summed E-state index contributed by atoms with van der Waals surface area (Å²) in [7, 11) is 0. The van der Waals surface area contributed by atoms with E-state index in [1.54, 1.807) is 0 Å². The van der Waals surface area contributed by atoms with Crippen molar-refractivity contribution in [1.82, 2.24) is 16.0 Å². The number of carbonyl (C=O) groups excluding carboxylic acids is 4. The summed E-state index contributed by atoms with van der Waals surface area (Å²) < 4.78 is 0. The molecule has 15 heteroatoms. The first-order valence-corrected chi connectivity index (χ1v) is 11.4. The molecule has 182 valence electrons. The standard InChI is InChI=1S/C17H29N5O8S2/c1-32-5-4-8(18)14(26)20-9(2-3-13(24)25)15(27)22-11(7-31)16(28)21-10(17(29)30)6-12(19)23/h8-11,31H,2-7,18H2,1H3,(H2,19,23)(H,20,26)(H,21,28)(H,22,27)(H,24,25)(H,29,30). The predicted molar refractivity (Wildman–Crippen MR) is 119 cm³/mol. The predicted octanol–water partition coefficient (Wildman–Crippen LogP) is -2.72. The molecule has 0 aromatic rings. The number of primary amides is 1. The van der Waals surface area contributed by atoms with E-state index >= 15 is 0 Å². The molecule has 9 N–H and O–H groups in total. The quantitative estimate of drug-likeness (QED) is 0.103. The summed E-state index contributed by atoms with van der Waals surface area (Å²) in [5.41, 5.74) is 10.7. The number of carbonyl (C=O) groups is 6. The molecule has 13 nitrogen and oxygen atoms in total. The Bertz CT molecular complexity index is 708. The fourth-order valence-corrected chi connectivity index (χ4v) is 3.08. The van der Waals surface area contributed by atoms with Crippen LogP contribution in [0.2, 0.25) is 0 Å². The van der Waals surface area contributed by atoms with Crippen LogP contribution in [0.4, 0.5) is 0 Å². The first-order valence-electron chi connectivity index (χ1n) is 9.42. The van der Waals surface area contributed by atoms with Gasteiger partial charge in [-0.15, -0.1) is 0 Å². The van der Waals surface area contributed by atoms with Gasteiger partial charge in [0.25, 0.3) is 0 Å². The van der Waals surface area contributed by atoms with Crippen LogP contribution >= 0.6 is 24.4 Å². The van der Waals surface area contributed by atoms with Crippen molar-refractivity contribution < 1.29 is 39.0 Å². The zero-order chi connectivity index (χ0) is 24.8. The maximum absolute atomic E-state index is 12.6. The molecule has 0 rings (SSSR count). The topological polar surface area (TPSA) is 231 Å². The second kappa shape index (κ2) is 15.3. The van der Waals surface area contributed by atoms with Gasteiger partial charge in [0.15, 0.2) is 0 Å². The van der Waals surface area contributed by atoms with Gasteiger partial charge in [0.1, 0.15) is 18.1 Å². The Labute approximate surface area is 194 Å². The molecule has 0 aromatic heterocycles. The average Bonchev–Trinajstić information content (AvgIpc) is 2.71. The van der Waals surface area contributed by atoms with Crippen LogP contribution in [-0.4, -0.2) is 87.7 Å². The highest BCUT2D eigenvalue weighted by atomic mass is 32.2. The van der Waals surface area contributed by atoms with Crippen molar-refractivity contribution in [1.29, 1.82) is 0 Å². The van der Waals surface area contributed by atoms with Crippen molar-refractivity contribution in [3.05, 3.63) is 0 Å². The van der Waals surface area contributed by atoms with Crippen LogP contribution in [-0.2, 0) is 28.8 Å². The van der Waals surface area contributed by atoms with Gasteiger partial charge in [0.05, 0.1) is 12.5 Å². The number of hydrogen-bond acceptors (Lipinski definition) is 9. The van der Waals surface area contributed by atoms with Crippen LogP contribution in [0.5, 0.6) is 0 Å². The van der Waals surface area contributed by atoms with Crippen molar-refractivity contribution in [2.75, 3.05) is 17.8 Å². The number of carboxylic acids is 2. The van der Waals surface area contributed by atoms with Gasteiger partial charge in [-0.3, -0.25) is 24.0 Å². The highest BCUT2D eigenvalue weighted by molar-refractivity contribution is 7.98. The van der Waals surface area contributed by atoms with Gasteiger partial charge in [-0.25, -0.2) is 4.79 Å². The maximum Gasteiger partial charge on any atom is 0.326 e. The first-order chi connectivity index (χ1) is 14.9. The van der Waals surface area contributed by atoms with Gasteiger partial charge in [-0.05, 0) is 24.9 Å². The Morgan fingerprint density at radius 3 is 1.91 bits per heavy atom. The SMILES string of the molecule is CSCCC(N)C(=O)NC(CCC(=O)O)C(=O)NC(CS)C(=O)NC(CC(N)=O)C(=O)O. The Morgan fingerprint density at radius 1 is 0.906 bits per heavy atom. The van der Waals surface area contributed by atoms with Gasteiger partial charge in [-0.2, -0.15) is 24.4 Å². The van der Waals surface area contributed by atoms with E-state index in [0.29, 0.717) is 12.2 Å². The van der Waals surface area contributed by atoms with Crippen LogP contribution in [0.3, 0.4) is 0 Å². The maximum atomic E-state index is 12.6. The molecule has 0 fully saturated rings. The lowest BCUT2D eigenvalue weighted by molar-refractivity contribution is -0.143. The lowest BCUT2D eigenvalue weighted by atomic mass is 10.1. The highest BCUT2D eigenvalue weighted by Gasteiger charge is 2.30. The van der Waals surface area contributed by atoms with E-state index in [2.05, 4.69) is 28.6 Å². The monoisotopic (exact) mass is 495 g/mol. The Balaban J connectivity index is 5.27. The summed E-state index contributed by atoms with van der Waals surface area (Å²) in [4.78, 5) is 70.3. The number of thioether (sulfide) groups is 1. The minimum atomic E-state index is -1.61. The molecule has 0 heterocycles. The van der Waals surface area contributed by atoms with Crippen LogP contribution in [0.15, 0.2) is 0 Å². The van der Waals surface area contributed by atoms with E-state index in [0.717, 1.165) is 0 Å². The van der Waals surface area contributed by atoms with Gasteiger partial charge >= 0.3 is 11.9 Å². The number of amides is 4. The third-order valence-electron chi connectivity index (χ3n) is 4.09. The number of aliphatic carboxylic acids is 2. The number of nitrogens with one attached hydrogen (secondary N) is 3. The average molecular weight is 496 g/mol. The molecular weight excluding hydrogens is 466 g/mol. The van der Waals surface area contributed by atoms with Crippen LogP contribution in [0.25, 0.3) is 0 Å². The van der Waals surface area contributed by atoms with Gasteiger partial charge in [0.2, 0.25) is 23.6 Å². The lowest BCUT2D eigenvalue weighted by Crippen LogP contribution is -2.58. The molecule has 4 unspecified atom stereocenters. The Hall–Kier alpha value is -2.52. The fourth-order valence-electron chi connectivity index (χ4n) is 2.33. The number of thiol groups is 1. The van der Waals surface area contributed by atoms with E-state index in [-0.39, 0.29) is 12.2 Å². The smallest absolute Gasteiger partial charge is 0.326 e. The molecule has 4 amide bonds. The summed E-state index contributed by atoms with van der Waals surface area (Å²) in [6, 6.07) is -5.18. The largest absolute Gasteiger partial charge is 0.481 e. The summed E-state index contributed by atoms with van der Waals surface area (Å²) in [5, 5.41) is 24.7. The van der Waals surface area contributed by atoms with Crippen LogP contribution in [0.1, 0.15) is 25.7 Å². The molecule has 0 aliphatic rings. The summed E-state index contributed by atoms with van der Waals surface area (Å²) in [5.74, 6) is -5.83. The molecule has 0 bridgehead atoms. The number of carboxylic acid groups (broad SMARTS) is 2. The molecule has 4 atom stereocenters. The fraction of sp³-hybridized carbons (Fsp3) is 0.647. The Morgan fingerprint density at radius 2 is 1.44 bits per heavy atom. The molecule has 0 radical (unpaired) electrons. The van der Waals surface area contributed by atoms with E-state index in [1.807, 2.05) is 6.26 Å². The van der Waals surface area contributed by atoms with Gasteiger partial charge in [-0.1, -0.05) is 0 Å². The summed E-state index contributed by atoms with van der Waals surface area (Å²) in [6.07, 6.45) is 0.769. The zero-order valence-electron chi connectivity index (χ0n) is 17.4. The minimum Gasteiger partial charge on any atom is -0.481 e. The number of hydrogen-bond donors (Lipinski definition) is 8. The van der Waals surface area contributed by atoms with E-state index in [4.69, 9.17) is 21.7 Å². The second-order valence-electron chi connectivity index (χ2n) is 6.70. The Kier molecular flexibility index (Phi) is 14.1. The normalized spacial score (nSPS) is 14.3. The van der Waals surface area contributed by atoms with Crippen LogP contribution in [0, 0.1) is 0 Å². The molecule has 32 heavy (non-hydrogen) atoms. The number of nitrogens with two attached hydrogens (primary N) is 2. The van der Waals surface area contributed by atoms with E-state index in [9.17, 15) is 28.8 Å². The van der Waals surface area contributed by atoms with Gasteiger partial charge < -0.3 is 37.6 Å². The molecular formula is C17H29N5O8S2. The van der Waals surface area contributed by atoms with Gasteiger partial charge in [0, 0.05) is 12.2 Å². The van der Waals surface area contributed by atoms with E-state index in [1.165, 1.54) is 11.8 Å². The molecule has 0 aliphatic carbocycles. The van der Waals surface area contributed by atoms with Crippen molar-refractivity contribution in [2.24, 2.45) is 11.5 Å². The van der Waals surface area contributed by atoms with Crippen LogP contribution < -0.4 is 27.4 Å². The van der Waals surface area contributed by atoms with Crippen molar-refractivity contribution in [2.45, 2.75) is 49.9 Å². The molecule has 0 aromatic carbocycles.